The molecule has 0 spiro atoms. The van der Waals surface area contributed by atoms with Crippen LogP contribution in [0.4, 0.5) is 17.1 Å². The molecule has 0 N–H and O–H groups in total. The Morgan fingerprint density at radius 3 is 1.19 bits per heavy atom. The number of aromatic nitrogens is 4. The van der Waals surface area contributed by atoms with Crippen molar-refractivity contribution >= 4 is 38.9 Å². The van der Waals surface area contributed by atoms with E-state index in [1.54, 1.807) is 0 Å². The highest BCUT2D eigenvalue weighted by molar-refractivity contribution is 6.14. The molecule has 292 valence electrons. The maximum absolute atomic E-state index is 5.35. The van der Waals surface area contributed by atoms with Gasteiger partial charge >= 0.3 is 0 Å². The molecular formula is C57H39N5. The fourth-order valence-corrected chi connectivity index (χ4v) is 8.43. The quantitative estimate of drug-likeness (QED) is 0.146. The Balaban J connectivity index is 1.13. The maximum Gasteiger partial charge on any atom is 0.238 e. The lowest BCUT2D eigenvalue weighted by Crippen LogP contribution is -2.12. The molecule has 9 aromatic carbocycles. The van der Waals surface area contributed by atoms with Crippen LogP contribution in [0.1, 0.15) is 0 Å². The van der Waals surface area contributed by atoms with Gasteiger partial charge in [-0.1, -0.05) is 200 Å². The van der Waals surface area contributed by atoms with Crippen LogP contribution in [0.15, 0.2) is 237 Å². The van der Waals surface area contributed by atoms with Gasteiger partial charge in [0.05, 0.1) is 16.7 Å². The Morgan fingerprint density at radius 2 is 0.677 bits per heavy atom. The molecule has 11 rings (SSSR count). The van der Waals surface area contributed by atoms with E-state index in [-0.39, 0.29) is 0 Å². The van der Waals surface area contributed by atoms with E-state index in [0.717, 1.165) is 77.8 Å². The van der Waals surface area contributed by atoms with E-state index in [1.807, 2.05) is 12.1 Å². The van der Waals surface area contributed by atoms with Gasteiger partial charge in [-0.3, -0.25) is 4.57 Å². The van der Waals surface area contributed by atoms with E-state index >= 15 is 0 Å². The predicted octanol–water partition coefficient (Wildman–Crippen LogP) is 14.8. The number of anilines is 3. The molecule has 62 heavy (non-hydrogen) atoms. The standard InChI is InChI=1S/C57H39N5/c1-5-16-40(17-6-1)43-28-32-46(33-29-43)55-58-56(47-34-30-44(31-35-47)41-18-7-2-8-19-41)60-57(59-55)62-52-26-14-13-24-50(52)51-25-15-27-53(54(51)62)61(48-22-11-4-12-23-48)49-38-36-45(37-39-49)42-20-9-3-10-21-42/h1-39H. The molecule has 0 saturated heterocycles. The first kappa shape index (κ1) is 36.7. The summed E-state index contributed by atoms with van der Waals surface area (Å²) in [5, 5.41) is 2.21. The second-order valence-electron chi connectivity index (χ2n) is 15.3. The maximum atomic E-state index is 5.35. The van der Waals surface area contributed by atoms with Gasteiger partial charge in [-0.25, -0.2) is 4.98 Å². The van der Waals surface area contributed by atoms with Crippen LogP contribution in [-0.4, -0.2) is 19.5 Å². The number of hydrogen-bond acceptors (Lipinski definition) is 4. The SMILES string of the molecule is c1ccc(-c2ccc(-c3nc(-c4ccc(-c5ccccc5)cc4)nc(-n4c5ccccc5c5cccc(N(c6ccccc6)c6ccc(-c7ccccc7)cc6)c54)n3)cc2)cc1. The van der Waals surface area contributed by atoms with Crippen LogP contribution in [-0.2, 0) is 0 Å². The molecule has 0 aliphatic heterocycles. The summed E-state index contributed by atoms with van der Waals surface area (Å²) in [4.78, 5) is 18.2. The van der Waals surface area contributed by atoms with E-state index in [4.69, 9.17) is 15.0 Å². The van der Waals surface area contributed by atoms with Crippen LogP contribution in [0.25, 0.3) is 83.9 Å². The molecule has 0 unspecified atom stereocenters. The first-order chi connectivity index (χ1) is 30.7. The van der Waals surface area contributed by atoms with Gasteiger partial charge in [0, 0.05) is 33.3 Å². The lowest BCUT2D eigenvalue weighted by Gasteiger charge is -2.27. The van der Waals surface area contributed by atoms with Crippen molar-refractivity contribution in [3.05, 3.63) is 237 Å². The zero-order chi connectivity index (χ0) is 41.2. The van der Waals surface area contributed by atoms with Crippen LogP contribution in [0.2, 0.25) is 0 Å². The van der Waals surface area contributed by atoms with Crippen molar-refractivity contribution in [2.45, 2.75) is 0 Å². The van der Waals surface area contributed by atoms with Crippen molar-refractivity contribution in [2.75, 3.05) is 4.90 Å². The van der Waals surface area contributed by atoms with Crippen molar-refractivity contribution in [1.29, 1.82) is 0 Å². The van der Waals surface area contributed by atoms with Gasteiger partial charge in [0.25, 0.3) is 0 Å². The predicted molar refractivity (Wildman–Crippen MR) is 256 cm³/mol. The fraction of sp³-hybridized carbons (Fsp3) is 0. The summed E-state index contributed by atoms with van der Waals surface area (Å²) in [5.41, 5.74) is 13.8. The van der Waals surface area contributed by atoms with Crippen molar-refractivity contribution in [3.63, 3.8) is 0 Å². The molecule has 2 heterocycles. The molecule has 0 amide bonds. The summed E-state index contributed by atoms with van der Waals surface area (Å²) in [6.45, 7) is 0. The molecule has 5 nitrogen and oxygen atoms in total. The van der Waals surface area contributed by atoms with Gasteiger partial charge in [-0.15, -0.1) is 0 Å². The van der Waals surface area contributed by atoms with Gasteiger partial charge < -0.3 is 4.90 Å². The Kier molecular flexibility index (Phi) is 9.45. The van der Waals surface area contributed by atoms with Crippen LogP contribution in [0.5, 0.6) is 0 Å². The minimum atomic E-state index is 0.537. The molecule has 5 heteroatoms. The number of hydrogen-bond donors (Lipinski definition) is 0. The molecule has 0 bridgehead atoms. The van der Waals surface area contributed by atoms with E-state index in [9.17, 15) is 0 Å². The third-order valence-electron chi connectivity index (χ3n) is 11.5. The third-order valence-corrected chi connectivity index (χ3v) is 11.5. The molecule has 0 aliphatic carbocycles. The molecule has 11 aromatic rings. The smallest absolute Gasteiger partial charge is 0.238 e. The molecule has 0 atom stereocenters. The Morgan fingerprint density at radius 1 is 0.290 bits per heavy atom. The highest BCUT2D eigenvalue weighted by Crippen LogP contribution is 2.43. The first-order valence-electron chi connectivity index (χ1n) is 20.9. The minimum Gasteiger partial charge on any atom is -0.308 e. The second kappa shape index (κ2) is 16.0. The normalized spacial score (nSPS) is 11.2. The summed E-state index contributed by atoms with van der Waals surface area (Å²) in [6.07, 6.45) is 0. The summed E-state index contributed by atoms with van der Waals surface area (Å²) >= 11 is 0. The van der Waals surface area contributed by atoms with Gasteiger partial charge in [0.1, 0.15) is 0 Å². The van der Waals surface area contributed by atoms with E-state index in [1.165, 1.54) is 5.56 Å². The number of fused-ring (bicyclic) bond motifs is 3. The Hall–Kier alpha value is -8.41. The number of rotatable bonds is 9. The third kappa shape index (κ3) is 6.87. The molecule has 2 aromatic heterocycles. The van der Waals surface area contributed by atoms with Crippen molar-refractivity contribution in [1.82, 2.24) is 19.5 Å². The molecular weight excluding hydrogens is 755 g/mol. The number of nitrogens with zero attached hydrogens (tertiary/aromatic N) is 5. The Bertz CT molecular complexity index is 3190. The molecule has 0 fully saturated rings. The van der Waals surface area contributed by atoms with Gasteiger partial charge in [-0.2, -0.15) is 9.97 Å². The van der Waals surface area contributed by atoms with Crippen molar-refractivity contribution in [3.8, 4) is 62.1 Å². The van der Waals surface area contributed by atoms with Gasteiger partial charge in [0.15, 0.2) is 11.6 Å². The van der Waals surface area contributed by atoms with E-state index in [2.05, 4.69) is 234 Å². The summed E-state index contributed by atoms with van der Waals surface area (Å²) < 4.78 is 2.22. The summed E-state index contributed by atoms with van der Waals surface area (Å²) in [5.74, 6) is 1.73. The number of para-hydroxylation sites is 3. The lowest BCUT2D eigenvalue weighted by atomic mass is 10.0. The average Bonchev–Trinajstić information content (AvgIpc) is 3.71. The first-order valence-corrected chi connectivity index (χ1v) is 20.9. The zero-order valence-corrected chi connectivity index (χ0v) is 33.8. The monoisotopic (exact) mass is 793 g/mol. The van der Waals surface area contributed by atoms with Gasteiger partial charge in [-0.05, 0) is 69.8 Å². The van der Waals surface area contributed by atoms with Gasteiger partial charge in [0.2, 0.25) is 5.95 Å². The van der Waals surface area contributed by atoms with Crippen LogP contribution < -0.4 is 4.90 Å². The Labute approximate surface area is 360 Å². The zero-order valence-electron chi connectivity index (χ0n) is 33.8. The fourth-order valence-electron chi connectivity index (χ4n) is 8.43. The summed E-state index contributed by atoms with van der Waals surface area (Å²) in [6, 6.07) is 82.8. The van der Waals surface area contributed by atoms with Crippen LogP contribution in [0, 0.1) is 0 Å². The van der Waals surface area contributed by atoms with Crippen LogP contribution in [0.3, 0.4) is 0 Å². The van der Waals surface area contributed by atoms with Crippen LogP contribution >= 0.6 is 0 Å². The summed E-state index contributed by atoms with van der Waals surface area (Å²) in [7, 11) is 0. The van der Waals surface area contributed by atoms with E-state index < -0.39 is 0 Å². The lowest BCUT2D eigenvalue weighted by molar-refractivity contribution is 0.952. The number of benzene rings is 9. The minimum absolute atomic E-state index is 0.537. The van der Waals surface area contributed by atoms with Crippen molar-refractivity contribution in [2.24, 2.45) is 0 Å². The topological polar surface area (TPSA) is 46.8 Å². The highest BCUT2D eigenvalue weighted by atomic mass is 15.2. The highest BCUT2D eigenvalue weighted by Gasteiger charge is 2.24. The largest absolute Gasteiger partial charge is 0.308 e. The van der Waals surface area contributed by atoms with E-state index in [0.29, 0.717) is 17.6 Å². The second-order valence-corrected chi connectivity index (χ2v) is 15.3. The average molecular weight is 794 g/mol. The van der Waals surface area contributed by atoms with Crippen molar-refractivity contribution < 1.29 is 0 Å². The molecule has 0 radical (unpaired) electrons. The molecule has 0 saturated carbocycles. The molecule has 0 aliphatic rings.